The van der Waals surface area contributed by atoms with Crippen molar-refractivity contribution in [3.8, 4) is 0 Å². The molecule has 1 fully saturated rings. The van der Waals surface area contributed by atoms with E-state index in [1.165, 1.54) is 11.1 Å². The predicted molar refractivity (Wildman–Crippen MR) is 119 cm³/mol. The molecular formula is C21H22N6OS. The third kappa shape index (κ3) is 3.45. The first kappa shape index (κ1) is 18.1. The summed E-state index contributed by atoms with van der Waals surface area (Å²) in [5.74, 6) is 1.21. The van der Waals surface area contributed by atoms with Crippen molar-refractivity contribution in [3.63, 3.8) is 0 Å². The van der Waals surface area contributed by atoms with Crippen molar-refractivity contribution < 1.29 is 0 Å². The zero-order chi connectivity index (χ0) is 19.8. The number of fused-ring (bicyclic) bond motifs is 2. The quantitative estimate of drug-likeness (QED) is 0.408. The monoisotopic (exact) mass is 406 g/mol. The lowest BCUT2D eigenvalue weighted by Crippen LogP contribution is -2.42. The van der Waals surface area contributed by atoms with Crippen molar-refractivity contribution in [2.75, 3.05) is 10.6 Å². The summed E-state index contributed by atoms with van der Waals surface area (Å²) in [5.41, 5.74) is 6.95. The number of nitrogens with zero attached hydrogens (tertiary/aromatic N) is 2. The van der Waals surface area contributed by atoms with Crippen molar-refractivity contribution in [1.29, 1.82) is 0 Å². The first-order chi connectivity index (χ1) is 14.2. The minimum Gasteiger partial charge on any atom is -0.366 e. The smallest absolute Gasteiger partial charge is 0.275 e. The van der Waals surface area contributed by atoms with E-state index in [9.17, 15) is 4.79 Å². The van der Waals surface area contributed by atoms with Gasteiger partial charge in [0.15, 0.2) is 0 Å². The van der Waals surface area contributed by atoms with Crippen LogP contribution in [0.3, 0.4) is 0 Å². The largest absolute Gasteiger partial charge is 0.366 e. The second kappa shape index (κ2) is 7.46. The fourth-order valence-corrected chi connectivity index (χ4v) is 4.86. The molecule has 2 atom stereocenters. The Hall–Kier alpha value is -2.97. The predicted octanol–water partition coefficient (Wildman–Crippen LogP) is 3.96. The third-order valence-electron chi connectivity index (χ3n) is 5.55. The van der Waals surface area contributed by atoms with Crippen LogP contribution in [0.4, 0.5) is 17.3 Å². The number of nitrogens with one attached hydrogen (secondary N) is 3. The molecule has 29 heavy (non-hydrogen) atoms. The highest BCUT2D eigenvalue weighted by Gasteiger charge is 2.22. The molecule has 0 radical (unpaired) electrons. The number of hydrogen-bond acceptors (Lipinski definition) is 7. The van der Waals surface area contributed by atoms with E-state index in [1.807, 2.05) is 18.2 Å². The van der Waals surface area contributed by atoms with Gasteiger partial charge in [0, 0.05) is 33.2 Å². The number of benzene rings is 1. The molecule has 1 aromatic carbocycles. The van der Waals surface area contributed by atoms with E-state index in [1.54, 1.807) is 17.5 Å². The summed E-state index contributed by atoms with van der Waals surface area (Å²) in [7, 11) is 0. The first-order valence-electron chi connectivity index (χ1n) is 9.83. The Kier molecular flexibility index (Phi) is 4.65. The Bertz CT molecular complexity index is 1230. The maximum Gasteiger partial charge on any atom is 0.275 e. The van der Waals surface area contributed by atoms with E-state index in [4.69, 9.17) is 10.7 Å². The standard InChI is InChI=1S/C21H22N6OS/c22-14-4-1-2-5-16(14)24-18-10-12-11-23-27-21(28)19(12)20(26-18)25-15-6-3-7-17-13(15)8-9-29-17/h3,6-11,14,16H,1-2,4-5,22H2,(H,27,28)(H2,24,25,26)/t14?,16-/m1/s1. The number of H-pyrrole nitrogens is 1. The molecule has 0 spiro atoms. The Morgan fingerprint density at radius 2 is 2.10 bits per heavy atom. The fourth-order valence-electron chi connectivity index (χ4n) is 4.05. The van der Waals surface area contributed by atoms with Crippen LogP contribution in [0.25, 0.3) is 20.9 Å². The maximum absolute atomic E-state index is 12.5. The Balaban J connectivity index is 1.59. The normalized spacial score (nSPS) is 19.5. The molecule has 1 aliphatic rings. The molecule has 5 N–H and O–H groups in total. The van der Waals surface area contributed by atoms with Crippen LogP contribution in [0.15, 0.2) is 46.7 Å². The van der Waals surface area contributed by atoms with Crippen molar-refractivity contribution in [3.05, 3.63) is 52.3 Å². The number of aromatic amines is 1. The zero-order valence-electron chi connectivity index (χ0n) is 15.8. The molecule has 1 unspecified atom stereocenters. The summed E-state index contributed by atoms with van der Waals surface area (Å²) in [6, 6.07) is 10.3. The van der Waals surface area contributed by atoms with Crippen molar-refractivity contribution >= 4 is 49.5 Å². The van der Waals surface area contributed by atoms with Gasteiger partial charge in [-0.3, -0.25) is 4.79 Å². The van der Waals surface area contributed by atoms with Crippen molar-refractivity contribution in [2.24, 2.45) is 5.73 Å². The highest BCUT2D eigenvalue weighted by molar-refractivity contribution is 7.17. The van der Waals surface area contributed by atoms with Gasteiger partial charge in [-0.25, -0.2) is 10.1 Å². The van der Waals surface area contributed by atoms with Gasteiger partial charge in [0.25, 0.3) is 5.56 Å². The van der Waals surface area contributed by atoms with Crippen LogP contribution >= 0.6 is 11.3 Å². The van der Waals surface area contributed by atoms with Gasteiger partial charge in [-0.05, 0) is 42.5 Å². The van der Waals surface area contributed by atoms with Gasteiger partial charge in [-0.15, -0.1) is 11.3 Å². The van der Waals surface area contributed by atoms with Gasteiger partial charge >= 0.3 is 0 Å². The van der Waals surface area contributed by atoms with Crippen LogP contribution in [0.1, 0.15) is 25.7 Å². The second-order valence-corrected chi connectivity index (χ2v) is 8.43. The fraction of sp³-hybridized carbons (Fsp3) is 0.286. The number of pyridine rings is 1. The lowest BCUT2D eigenvalue weighted by atomic mass is 9.91. The van der Waals surface area contributed by atoms with E-state index in [0.717, 1.165) is 35.7 Å². The molecule has 3 aromatic heterocycles. The average Bonchev–Trinajstić information content (AvgIpc) is 3.20. The third-order valence-corrected chi connectivity index (χ3v) is 6.43. The zero-order valence-corrected chi connectivity index (χ0v) is 16.6. The molecule has 7 nitrogen and oxygen atoms in total. The van der Waals surface area contributed by atoms with E-state index < -0.39 is 0 Å². The summed E-state index contributed by atoms with van der Waals surface area (Å²) >= 11 is 1.68. The van der Waals surface area contributed by atoms with Crippen LogP contribution in [-0.4, -0.2) is 27.3 Å². The molecule has 0 aliphatic heterocycles. The van der Waals surface area contributed by atoms with Gasteiger partial charge in [-0.2, -0.15) is 5.10 Å². The number of anilines is 3. The molecule has 5 rings (SSSR count). The number of aromatic nitrogens is 3. The molecule has 0 saturated heterocycles. The molecule has 4 aromatic rings. The summed E-state index contributed by atoms with van der Waals surface area (Å²) in [5, 5.41) is 17.7. The highest BCUT2D eigenvalue weighted by atomic mass is 32.1. The van der Waals surface area contributed by atoms with Crippen molar-refractivity contribution in [1.82, 2.24) is 15.2 Å². The van der Waals surface area contributed by atoms with Gasteiger partial charge < -0.3 is 16.4 Å². The summed E-state index contributed by atoms with van der Waals surface area (Å²) < 4.78 is 1.18. The van der Waals surface area contributed by atoms with E-state index in [-0.39, 0.29) is 17.6 Å². The van der Waals surface area contributed by atoms with E-state index in [2.05, 4.69) is 38.3 Å². The molecule has 148 valence electrons. The van der Waals surface area contributed by atoms with Crippen molar-refractivity contribution in [2.45, 2.75) is 37.8 Å². The molecule has 0 amide bonds. The second-order valence-electron chi connectivity index (χ2n) is 7.48. The van der Waals surface area contributed by atoms with Crippen LogP contribution < -0.4 is 21.9 Å². The molecule has 1 saturated carbocycles. The SMILES string of the molecule is NC1CCCC[C@H]1Nc1cc2cn[nH]c(=O)c2c(Nc2cccc3sccc23)n1. The van der Waals surface area contributed by atoms with Crippen LogP contribution in [0, 0.1) is 0 Å². The molecular weight excluding hydrogens is 384 g/mol. The lowest BCUT2D eigenvalue weighted by Gasteiger charge is -2.30. The number of nitrogens with two attached hydrogens (primary N) is 1. The molecule has 1 aliphatic carbocycles. The van der Waals surface area contributed by atoms with Gasteiger partial charge in [0.05, 0.1) is 11.6 Å². The number of thiophene rings is 1. The van der Waals surface area contributed by atoms with Crippen LogP contribution in [-0.2, 0) is 0 Å². The molecule has 8 heteroatoms. The van der Waals surface area contributed by atoms with E-state index >= 15 is 0 Å². The summed E-state index contributed by atoms with van der Waals surface area (Å²) in [6.45, 7) is 0. The number of hydrogen-bond donors (Lipinski definition) is 4. The topological polar surface area (TPSA) is 109 Å². The highest BCUT2D eigenvalue weighted by Crippen LogP contribution is 2.32. The Labute approximate surface area is 171 Å². The first-order valence-corrected chi connectivity index (χ1v) is 10.7. The van der Waals surface area contributed by atoms with E-state index in [0.29, 0.717) is 17.0 Å². The van der Waals surface area contributed by atoms with Crippen LogP contribution in [0.5, 0.6) is 0 Å². The summed E-state index contributed by atoms with van der Waals surface area (Å²) in [4.78, 5) is 17.3. The van der Waals surface area contributed by atoms with Crippen LogP contribution in [0.2, 0.25) is 0 Å². The number of rotatable bonds is 4. The Morgan fingerprint density at radius 3 is 3.00 bits per heavy atom. The lowest BCUT2D eigenvalue weighted by molar-refractivity contribution is 0.403. The van der Waals surface area contributed by atoms with Gasteiger partial charge in [0.1, 0.15) is 11.6 Å². The average molecular weight is 407 g/mol. The minimum absolute atomic E-state index is 0.106. The maximum atomic E-state index is 12.5. The minimum atomic E-state index is -0.268. The Morgan fingerprint density at radius 1 is 1.21 bits per heavy atom. The van der Waals surface area contributed by atoms with Gasteiger partial charge in [-0.1, -0.05) is 18.9 Å². The molecule has 3 heterocycles. The molecule has 0 bridgehead atoms. The van der Waals surface area contributed by atoms with Gasteiger partial charge in [0.2, 0.25) is 0 Å². The summed E-state index contributed by atoms with van der Waals surface area (Å²) in [6.07, 6.45) is 6.01.